The highest BCUT2D eigenvalue weighted by Gasteiger charge is 2.45. The summed E-state index contributed by atoms with van der Waals surface area (Å²) in [5.74, 6) is 6.37. The van der Waals surface area contributed by atoms with Crippen molar-refractivity contribution in [2.45, 2.75) is 329 Å². The number of hydrogen-bond acceptors (Lipinski definition) is 27. The smallest absolute Gasteiger partial charge is 0.262 e. The first-order valence-corrected chi connectivity index (χ1v) is 52.7. The third-order valence-corrected chi connectivity index (χ3v) is 34.7. The lowest BCUT2D eigenvalue weighted by Gasteiger charge is -2.34. The number of aromatic amines is 5. The van der Waals surface area contributed by atoms with Crippen molar-refractivity contribution in [2.24, 2.45) is 0 Å². The van der Waals surface area contributed by atoms with E-state index in [0.717, 1.165) is 237 Å². The van der Waals surface area contributed by atoms with Crippen LogP contribution >= 0.6 is 56.7 Å². The highest BCUT2D eigenvalue weighted by Crippen LogP contribution is 2.54. The molecule has 136 heavy (non-hydrogen) atoms. The van der Waals surface area contributed by atoms with E-state index in [4.69, 9.17) is 34.4 Å². The summed E-state index contributed by atoms with van der Waals surface area (Å²) in [5, 5.41) is 40.9. The minimum atomic E-state index is -1.10. The molecule has 0 radical (unpaired) electrons. The van der Waals surface area contributed by atoms with E-state index in [1.54, 1.807) is 108 Å². The number of alkyl halides is 3. The molecule has 716 valence electrons. The molecule has 40 heteroatoms. The Kier molecular flexibility index (Phi) is 25.5. The average molecular weight is 1950 g/mol. The molecular weight excluding hydrogens is 1830 g/mol. The highest BCUT2D eigenvalue weighted by molar-refractivity contribution is 7.10. The third-order valence-electron chi connectivity index (χ3n) is 30.7. The van der Waals surface area contributed by atoms with Crippen LogP contribution < -0.4 is 27.8 Å². The normalized spacial score (nSPS) is 28.0. The molecule has 25 rings (SSSR count). The second-order valence-electron chi connectivity index (χ2n) is 39.9. The summed E-state index contributed by atoms with van der Waals surface area (Å²) in [6.07, 6.45) is 29.5. The summed E-state index contributed by atoms with van der Waals surface area (Å²) in [6, 6.07) is 0.800. The van der Waals surface area contributed by atoms with Gasteiger partial charge in [0, 0.05) is 113 Å². The number of rotatable bonds is 15. The summed E-state index contributed by atoms with van der Waals surface area (Å²) >= 11 is 8.33. The molecule has 8 saturated carbocycles. The number of aromatic nitrogens is 25. The summed E-state index contributed by atoms with van der Waals surface area (Å²) in [4.78, 5) is 126. The van der Waals surface area contributed by atoms with E-state index in [2.05, 4.69) is 102 Å². The largest absolute Gasteiger partial charge is 0.381 e. The van der Waals surface area contributed by atoms with E-state index in [9.17, 15) is 37.1 Å². The molecule has 17 heterocycles. The van der Waals surface area contributed by atoms with Gasteiger partial charge in [0.2, 0.25) is 0 Å². The Morgan fingerprint density at radius 3 is 0.610 bits per heavy atom. The lowest BCUT2D eigenvalue weighted by molar-refractivity contribution is 0.0672. The van der Waals surface area contributed by atoms with Gasteiger partial charge < -0.3 is 34.4 Å². The number of fused-ring (bicyclic) bond motifs is 5. The Balaban J connectivity index is 0.000000102. The quantitative estimate of drug-likeness (QED) is 0.0636. The van der Waals surface area contributed by atoms with Crippen molar-refractivity contribution in [1.82, 2.24) is 124 Å². The van der Waals surface area contributed by atoms with E-state index >= 15 is 0 Å². The van der Waals surface area contributed by atoms with E-state index in [1.807, 2.05) is 58.0 Å². The fourth-order valence-corrected chi connectivity index (χ4v) is 25.2. The van der Waals surface area contributed by atoms with Crippen LogP contribution in [-0.2, 0) is 9.47 Å². The van der Waals surface area contributed by atoms with Gasteiger partial charge in [0.05, 0.1) is 115 Å². The van der Waals surface area contributed by atoms with Crippen molar-refractivity contribution in [3.05, 3.63) is 192 Å². The van der Waals surface area contributed by atoms with Gasteiger partial charge in [-0.1, -0.05) is 0 Å². The molecule has 2 aliphatic heterocycles. The molecule has 0 bridgehead atoms. The van der Waals surface area contributed by atoms with Crippen molar-refractivity contribution in [1.29, 1.82) is 0 Å². The number of H-pyrrole nitrogens is 5. The zero-order valence-corrected chi connectivity index (χ0v) is 81.7. The van der Waals surface area contributed by atoms with E-state index < -0.39 is 17.0 Å². The van der Waals surface area contributed by atoms with Gasteiger partial charge in [-0.3, -0.25) is 24.0 Å². The second-order valence-corrected chi connectivity index (χ2v) is 45.2. The molecule has 15 aromatic rings. The number of aryl methyl sites for hydroxylation is 5. The van der Waals surface area contributed by atoms with Gasteiger partial charge in [-0.25, -0.2) is 86.4 Å². The van der Waals surface area contributed by atoms with Gasteiger partial charge in [0.15, 0.2) is 28.2 Å². The fourth-order valence-electron chi connectivity index (χ4n) is 21.8. The minimum Gasteiger partial charge on any atom is -0.381 e. The van der Waals surface area contributed by atoms with Crippen LogP contribution in [0.3, 0.4) is 0 Å². The molecule has 3 unspecified atom stereocenters. The molecule has 15 aromatic heterocycles. The monoisotopic (exact) mass is 1950 g/mol. The molecule has 8 aliphatic carbocycles. The van der Waals surface area contributed by atoms with Gasteiger partial charge in [-0.2, -0.15) is 25.5 Å². The van der Waals surface area contributed by atoms with Gasteiger partial charge in [-0.05, 0) is 222 Å². The van der Waals surface area contributed by atoms with Crippen molar-refractivity contribution in [3.63, 3.8) is 0 Å². The maximum absolute atomic E-state index is 14.2. The Morgan fingerprint density at radius 1 is 0.272 bits per heavy atom. The number of hydrogen-bond donors (Lipinski definition) is 5. The molecular formula is C96H114F3N25O7S5. The molecule has 0 spiro atoms. The molecule has 2 saturated heterocycles. The third kappa shape index (κ3) is 18.5. The number of ether oxygens (including phenoxy) is 2. The Hall–Kier alpha value is -10.4. The second kappa shape index (κ2) is 37.7. The molecule has 32 nitrogen and oxygen atoms in total. The molecule has 10 fully saturated rings. The summed E-state index contributed by atoms with van der Waals surface area (Å²) in [5.41, 5.74) is 4.96. The maximum atomic E-state index is 14.2. The summed E-state index contributed by atoms with van der Waals surface area (Å²) in [7, 11) is 0. The van der Waals surface area contributed by atoms with E-state index in [-0.39, 0.29) is 87.6 Å². The standard InChI is InChI=1S/3C20H24FN5OS.2C18H21N5O2S/c3*1-11-23-16(10-28-11)13-3-4-14(13)17-24-18-15(19(27)25-17)9-22-26(18)12-5-7-20(2,21)8-6-12;2*1-10-20-15(9-26-10)12-2-3-13(12)16-21-17-14(18(24)22-16)8-19-23(17)11-4-6-25-7-5-11/h3*9-10,12-14H,3-8H2,1-2H3,(H,24,25,27);2*8-9,11-13H,2-7H2,1H3,(H,21,22,24)/t12?,13-,14?,20?;2*12?,13-,14+,20?;12-,13-;/m0101./s1. The molecule has 10 atom stereocenters. The number of thiazole rings is 5. The first-order chi connectivity index (χ1) is 65.6. The predicted octanol–water partition coefficient (Wildman–Crippen LogP) is 19.0. The Morgan fingerprint density at radius 2 is 0.449 bits per heavy atom. The van der Waals surface area contributed by atoms with Crippen molar-refractivity contribution >= 4 is 112 Å². The lowest BCUT2D eigenvalue weighted by atomic mass is 9.71. The van der Waals surface area contributed by atoms with Gasteiger partial charge in [0.25, 0.3) is 27.8 Å². The van der Waals surface area contributed by atoms with Crippen LogP contribution in [0.2, 0.25) is 0 Å². The van der Waals surface area contributed by atoms with Crippen LogP contribution in [0, 0.1) is 34.6 Å². The minimum absolute atomic E-state index is 0.0941. The molecule has 10 aliphatic rings. The maximum Gasteiger partial charge on any atom is 0.262 e. The Labute approximate surface area is 800 Å². The zero-order valence-electron chi connectivity index (χ0n) is 77.6. The summed E-state index contributed by atoms with van der Waals surface area (Å²) < 4.78 is 62.9. The van der Waals surface area contributed by atoms with Crippen molar-refractivity contribution in [2.75, 3.05) is 26.4 Å². The predicted molar refractivity (Wildman–Crippen MR) is 518 cm³/mol. The van der Waals surface area contributed by atoms with E-state index in [0.29, 0.717) is 123 Å². The highest BCUT2D eigenvalue weighted by atomic mass is 32.1. The van der Waals surface area contributed by atoms with Crippen LogP contribution in [0.5, 0.6) is 0 Å². The molecule has 5 N–H and O–H groups in total. The molecule has 0 aromatic carbocycles. The topological polar surface area (TPSA) is 401 Å². The van der Waals surface area contributed by atoms with Crippen LogP contribution in [0.25, 0.3) is 55.2 Å². The average Bonchev–Trinajstić information content (AvgIpc) is 1.61. The van der Waals surface area contributed by atoms with Gasteiger partial charge in [-0.15, -0.1) is 56.7 Å². The first kappa shape index (κ1) is 92.0. The van der Waals surface area contributed by atoms with Crippen LogP contribution in [0.4, 0.5) is 13.2 Å². The fraction of sp³-hybridized carbons (Fsp3) is 0.583. The van der Waals surface area contributed by atoms with E-state index in [1.165, 1.54) is 0 Å². The zero-order chi connectivity index (χ0) is 93.7. The number of halogens is 3. The Bertz CT molecular complexity index is 6610. The lowest BCUT2D eigenvalue weighted by Crippen LogP contribution is -2.29. The SMILES string of the molecule is Cc1nc(C2CCC2c2nc3c(cnn3C3CCOCC3)c(=O)[nH]2)cs1.Cc1nc([C@@H]2CC[C@@H]2c2nc3c(cnn3C3CCC(C)(F)CC3)c(=O)[nH]2)cs1.Cc1nc([C@@H]2CC[C@H]2c2nc3c(cnn3C3CCOCC3)c(=O)[nH]2)cs1.Cc1nc([C@H]2CCC2c2nc3c(cnn3C3CCC(C)(F)CC3)c(=O)[nH]2)cs1.Cc1nc([C@H]2CC[C@H]2c2nc3c(cnn3C3CCC(C)(F)CC3)c(=O)[nH]2)cs1. The summed E-state index contributed by atoms with van der Waals surface area (Å²) in [6.45, 7) is 18.0. The first-order valence-electron chi connectivity index (χ1n) is 48.3. The van der Waals surface area contributed by atoms with Gasteiger partial charge in [0.1, 0.15) is 73.1 Å². The van der Waals surface area contributed by atoms with Crippen LogP contribution in [-0.4, -0.2) is 167 Å². The number of nitrogens with one attached hydrogen (secondary N) is 5. The van der Waals surface area contributed by atoms with Crippen LogP contribution in [0.15, 0.2) is 81.9 Å². The number of nitrogens with zero attached hydrogens (tertiary/aromatic N) is 20. The van der Waals surface area contributed by atoms with Gasteiger partial charge >= 0.3 is 0 Å². The van der Waals surface area contributed by atoms with Crippen LogP contribution in [0.1, 0.15) is 360 Å². The van der Waals surface area contributed by atoms with Crippen molar-refractivity contribution < 1.29 is 22.6 Å². The molecule has 0 amide bonds. The van der Waals surface area contributed by atoms with Crippen molar-refractivity contribution in [3.8, 4) is 0 Å².